The number of piperidine rings is 1. The topological polar surface area (TPSA) is 113 Å². The number of hydrogen-bond acceptors (Lipinski definition) is 10. The largest absolute Gasteiger partial charge is 0.460 e. The summed E-state index contributed by atoms with van der Waals surface area (Å²) in [5, 5.41) is 0. The highest BCUT2D eigenvalue weighted by molar-refractivity contribution is 5.81. The molecule has 0 N–H and O–H groups in total. The van der Waals surface area contributed by atoms with Crippen LogP contribution in [0.1, 0.15) is 267 Å². The number of rotatable bonds is 51. The van der Waals surface area contributed by atoms with Crippen molar-refractivity contribution in [1.29, 1.82) is 0 Å². The molecule has 11 nitrogen and oxygen atoms in total. The third-order valence-electron chi connectivity index (χ3n) is 14.4. The monoisotopic (exact) mass is 995 g/mol. The maximum Gasteiger partial charge on any atom is 0.409 e. The Morgan fingerprint density at radius 1 is 0.486 bits per heavy atom. The minimum absolute atomic E-state index is 0.118. The number of Topliss-reactive ketones (excluding diaryl/α,β-unsaturated/α-hetero) is 1. The van der Waals surface area contributed by atoms with Gasteiger partial charge in [0.2, 0.25) is 0 Å². The quantitative estimate of drug-likeness (QED) is 0.0332. The van der Waals surface area contributed by atoms with Gasteiger partial charge in [0.15, 0.2) is 12.6 Å². The van der Waals surface area contributed by atoms with Gasteiger partial charge >= 0.3 is 12.1 Å². The molecule has 0 aliphatic carbocycles. The molecular formula is C59H114N2O9. The van der Waals surface area contributed by atoms with E-state index in [1.807, 2.05) is 6.92 Å². The lowest BCUT2D eigenvalue weighted by atomic mass is 9.82. The van der Waals surface area contributed by atoms with Crippen LogP contribution < -0.4 is 0 Å². The van der Waals surface area contributed by atoms with E-state index in [2.05, 4.69) is 46.4 Å². The van der Waals surface area contributed by atoms with Crippen LogP contribution in [0.25, 0.3) is 0 Å². The number of carbonyl (C=O) groups is 3. The molecule has 414 valence electrons. The molecular weight excluding hydrogens is 881 g/mol. The summed E-state index contributed by atoms with van der Waals surface area (Å²) in [5.41, 5.74) is 0. The fraction of sp³-hybridized carbons (Fsp3) is 0.949. The highest BCUT2D eigenvalue weighted by atomic mass is 16.7. The predicted molar refractivity (Wildman–Crippen MR) is 289 cm³/mol. The number of likely N-dealkylation sites (tertiary alicyclic amines) is 1. The molecule has 1 aliphatic heterocycles. The van der Waals surface area contributed by atoms with Crippen LogP contribution in [0, 0.1) is 11.8 Å². The van der Waals surface area contributed by atoms with Gasteiger partial charge in [-0.15, -0.1) is 0 Å². The van der Waals surface area contributed by atoms with E-state index in [1.54, 1.807) is 4.90 Å². The minimum atomic E-state index is -0.547. The predicted octanol–water partition coefficient (Wildman–Crippen LogP) is 15.6. The van der Waals surface area contributed by atoms with E-state index in [9.17, 15) is 14.4 Å². The normalized spacial score (nSPS) is 15.7. The number of esters is 1. The maximum atomic E-state index is 14.1. The van der Waals surface area contributed by atoms with E-state index in [0.717, 1.165) is 77.4 Å². The molecule has 11 heteroatoms. The SMILES string of the molecule is CCCCCCCCCOC(CCC(=O)O[C@H]1C[C@@H]([C@H](C)C(=O)CCC(OCCCCCCCCC)OCCCCCCCCC)CN(C(=O)OCCCN(CC)CC)C1)OCCCCCCCCC. The first kappa shape index (κ1) is 66.2. The Morgan fingerprint density at radius 2 is 0.871 bits per heavy atom. The van der Waals surface area contributed by atoms with Crippen molar-refractivity contribution in [1.82, 2.24) is 9.80 Å². The first-order valence-corrected chi connectivity index (χ1v) is 30.0. The average Bonchev–Trinajstić information content (AvgIpc) is 3.36. The summed E-state index contributed by atoms with van der Waals surface area (Å²) in [5.74, 6) is -0.755. The van der Waals surface area contributed by atoms with Crippen molar-refractivity contribution in [2.75, 3.05) is 65.8 Å². The Kier molecular flexibility index (Phi) is 45.6. The van der Waals surface area contributed by atoms with Gasteiger partial charge in [-0.3, -0.25) is 9.59 Å². The molecule has 0 saturated carbocycles. The summed E-state index contributed by atoms with van der Waals surface area (Å²) in [7, 11) is 0. The number of hydrogen-bond donors (Lipinski definition) is 0. The molecule has 1 amide bonds. The highest BCUT2D eigenvalue weighted by Crippen LogP contribution is 2.29. The summed E-state index contributed by atoms with van der Waals surface area (Å²) < 4.78 is 37.1. The molecule has 3 atom stereocenters. The van der Waals surface area contributed by atoms with Crippen LogP contribution in [0.15, 0.2) is 0 Å². The van der Waals surface area contributed by atoms with Crippen LogP contribution in [0.5, 0.6) is 0 Å². The fourth-order valence-electron chi connectivity index (χ4n) is 9.52. The molecule has 0 aromatic rings. The Morgan fingerprint density at radius 3 is 1.27 bits per heavy atom. The second-order valence-electron chi connectivity index (χ2n) is 20.7. The Bertz CT molecular complexity index is 1150. The molecule has 0 aromatic heterocycles. The van der Waals surface area contributed by atoms with Crippen LogP contribution in [0.4, 0.5) is 4.79 Å². The number of unbranched alkanes of at least 4 members (excludes halogenated alkanes) is 24. The fourth-order valence-corrected chi connectivity index (χ4v) is 9.52. The zero-order chi connectivity index (χ0) is 51.1. The third kappa shape index (κ3) is 37.0. The van der Waals surface area contributed by atoms with E-state index in [4.69, 9.17) is 28.4 Å². The van der Waals surface area contributed by atoms with Gasteiger partial charge in [0.1, 0.15) is 11.9 Å². The standard InChI is InChI=1S/C59H114N2O9/c1-8-14-18-22-26-30-34-44-65-57(66-45-35-31-27-23-19-15-9-2)41-39-55(62)52(7)53-49-54(51-61(50-53)59(64)69-48-38-43-60(12-5)13-6)70-56(63)40-42-58(67-46-36-32-28-24-20-16-10-3)68-47-37-33-29-25-21-17-11-4/h52-54,57-58H,8-51H2,1-7H3/t52-,53+,54-/m0/s1. The van der Waals surface area contributed by atoms with Gasteiger partial charge in [-0.2, -0.15) is 0 Å². The molecule has 70 heavy (non-hydrogen) atoms. The zero-order valence-electron chi connectivity index (χ0n) is 47.1. The molecule has 1 heterocycles. The van der Waals surface area contributed by atoms with Gasteiger partial charge < -0.3 is 38.2 Å². The van der Waals surface area contributed by atoms with Crippen molar-refractivity contribution in [3.8, 4) is 0 Å². The number of ketones is 1. The summed E-state index contributed by atoms with van der Waals surface area (Å²) in [6.07, 6.45) is 34.7. The minimum Gasteiger partial charge on any atom is -0.460 e. The van der Waals surface area contributed by atoms with Gasteiger partial charge in [-0.25, -0.2) is 4.79 Å². The Labute approximate surface area is 432 Å². The molecule has 1 rings (SSSR count). The smallest absolute Gasteiger partial charge is 0.409 e. The number of ether oxygens (including phenoxy) is 6. The van der Waals surface area contributed by atoms with Crippen molar-refractivity contribution in [2.24, 2.45) is 11.8 Å². The van der Waals surface area contributed by atoms with Crippen LogP contribution in [0.3, 0.4) is 0 Å². The molecule has 1 fully saturated rings. The first-order valence-electron chi connectivity index (χ1n) is 30.0. The van der Waals surface area contributed by atoms with E-state index in [0.29, 0.717) is 65.3 Å². The van der Waals surface area contributed by atoms with Crippen LogP contribution >= 0.6 is 0 Å². The average molecular weight is 996 g/mol. The van der Waals surface area contributed by atoms with Crippen molar-refractivity contribution < 1.29 is 42.8 Å². The number of nitrogens with zero attached hydrogens (tertiary/aromatic N) is 2. The zero-order valence-corrected chi connectivity index (χ0v) is 47.1. The Balaban J connectivity index is 2.97. The molecule has 0 spiro atoms. The van der Waals surface area contributed by atoms with Gasteiger partial charge in [0.05, 0.1) is 19.6 Å². The van der Waals surface area contributed by atoms with E-state index >= 15 is 0 Å². The van der Waals surface area contributed by atoms with E-state index in [1.165, 1.54) is 128 Å². The first-order chi connectivity index (χ1) is 34.2. The Hall–Kier alpha value is -1.79. The van der Waals surface area contributed by atoms with E-state index < -0.39 is 24.8 Å². The lowest BCUT2D eigenvalue weighted by Gasteiger charge is -2.39. The number of carbonyl (C=O) groups excluding carboxylic acids is 3. The third-order valence-corrected chi connectivity index (χ3v) is 14.4. The van der Waals surface area contributed by atoms with Gasteiger partial charge in [-0.1, -0.05) is 203 Å². The van der Waals surface area contributed by atoms with Crippen LogP contribution in [-0.2, 0) is 38.0 Å². The summed E-state index contributed by atoms with van der Waals surface area (Å²) in [6, 6.07) is 0. The molecule has 0 unspecified atom stereocenters. The van der Waals surface area contributed by atoms with Crippen molar-refractivity contribution >= 4 is 17.8 Å². The highest BCUT2D eigenvalue weighted by Gasteiger charge is 2.37. The molecule has 1 saturated heterocycles. The lowest BCUT2D eigenvalue weighted by molar-refractivity contribution is -0.165. The van der Waals surface area contributed by atoms with Gasteiger partial charge in [-0.05, 0) is 57.5 Å². The summed E-state index contributed by atoms with van der Waals surface area (Å²) in [4.78, 5) is 45.3. The van der Waals surface area contributed by atoms with Gasteiger partial charge in [0, 0.05) is 64.7 Å². The van der Waals surface area contributed by atoms with Crippen molar-refractivity contribution in [3.05, 3.63) is 0 Å². The molecule has 0 aromatic carbocycles. The maximum absolute atomic E-state index is 14.1. The van der Waals surface area contributed by atoms with Crippen molar-refractivity contribution in [3.63, 3.8) is 0 Å². The number of amides is 1. The second-order valence-corrected chi connectivity index (χ2v) is 20.7. The van der Waals surface area contributed by atoms with E-state index in [-0.39, 0.29) is 36.6 Å². The molecule has 0 radical (unpaired) electrons. The summed E-state index contributed by atoms with van der Waals surface area (Å²) in [6.45, 7) is 21.4. The second kappa shape index (κ2) is 48.2. The van der Waals surface area contributed by atoms with Crippen molar-refractivity contribution in [2.45, 2.75) is 285 Å². The molecule has 1 aliphatic rings. The lowest BCUT2D eigenvalue weighted by Crippen LogP contribution is -2.50. The van der Waals surface area contributed by atoms with Crippen LogP contribution in [-0.4, -0.2) is 112 Å². The van der Waals surface area contributed by atoms with Crippen LogP contribution in [0.2, 0.25) is 0 Å². The summed E-state index contributed by atoms with van der Waals surface area (Å²) >= 11 is 0. The van der Waals surface area contributed by atoms with Gasteiger partial charge in [0.25, 0.3) is 0 Å². The molecule has 0 bridgehead atoms.